The summed E-state index contributed by atoms with van der Waals surface area (Å²) in [7, 11) is 0. The summed E-state index contributed by atoms with van der Waals surface area (Å²) < 4.78 is 5.32. The lowest BCUT2D eigenvalue weighted by atomic mass is 9.84. The molecule has 0 aliphatic carbocycles. The van der Waals surface area contributed by atoms with E-state index < -0.39 is 0 Å². The maximum atomic E-state index is 5.32. The molecule has 0 bridgehead atoms. The summed E-state index contributed by atoms with van der Waals surface area (Å²) in [6.45, 7) is 13.0. The highest BCUT2D eigenvalue weighted by molar-refractivity contribution is 4.65. The molecule has 0 spiro atoms. The smallest absolute Gasteiger partial charge is 0.0468 e. The van der Waals surface area contributed by atoms with Crippen molar-refractivity contribution in [1.82, 2.24) is 0 Å². The summed E-state index contributed by atoms with van der Waals surface area (Å²) in [6, 6.07) is 0. The van der Waals surface area contributed by atoms with Crippen LogP contribution in [-0.4, -0.2) is 13.2 Å². The number of hydrogen-bond donors (Lipinski definition) is 0. The summed E-state index contributed by atoms with van der Waals surface area (Å²) in [5.74, 6) is 0.788. The van der Waals surface area contributed by atoms with Crippen LogP contribution in [-0.2, 0) is 4.74 Å². The monoisotopic (exact) mass is 172 g/mol. The van der Waals surface area contributed by atoms with Gasteiger partial charge in [0.05, 0.1) is 0 Å². The summed E-state index contributed by atoms with van der Waals surface area (Å²) >= 11 is 0. The molecular weight excluding hydrogens is 148 g/mol. The van der Waals surface area contributed by atoms with E-state index in [1.807, 2.05) is 0 Å². The summed E-state index contributed by atoms with van der Waals surface area (Å²) in [4.78, 5) is 0. The first kappa shape index (κ1) is 12.0. The molecule has 0 aliphatic heterocycles. The SMILES string of the molecule is CCOCCC(C)CC(C)(C)C. The Morgan fingerprint density at radius 2 is 1.83 bits per heavy atom. The quantitative estimate of drug-likeness (QED) is 0.577. The molecule has 0 aromatic rings. The number of ether oxygens (including phenoxy) is 1. The summed E-state index contributed by atoms with van der Waals surface area (Å²) in [6.07, 6.45) is 2.49. The Bertz CT molecular complexity index is 102. The Hall–Kier alpha value is -0.0400. The Kier molecular flexibility index (Phi) is 5.56. The van der Waals surface area contributed by atoms with Gasteiger partial charge in [0.1, 0.15) is 0 Å². The van der Waals surface area contributed by atoms with Crippen molar-refractivity contribution in [3.63, 3.8) is 0 Å². The summed E-state index contributed by atoms with van der Waals surface area (Å²) in [5.41, 5.74) is 0.464. The van der Waals surface area contributed by atoms with Crippen LogP contribution in [0.2, 0.25) is 0 Å². The van der Waals surface area contributed by atoms with E-state index in [0.717, 1.165) is 19.1 Å². The highest BCUT2D eigenvalue weighted by Crippen LogP contribution is 2.25. The van der Waals surface area contributed by atoms with E-state index in [2.05, 4.69) is 34.6 Å². The van der Waals surface area contributed by atoms with Crippen LogP contribution in [0.1, 0.15) is 47.5 Å². The molecule has 0 aromatic heterocycles. The van der Waals surface area contributed by atoms with Crippen LogP contribution in [0.3, 0.4) is 0 Å². The standard InChI is InChI=1S/C11H24O/c1-6-12-8-7-10(2)9-11(3,4)5/h10H,6-9H2,1-5H3. The maximum absolute atomic E-state index is 5.32. The molecule has 0 saturated carbocycles. The van der Waals surface area contributed by atoms with Gasteiger partial charge in [0, 0.05) is 13.2 Å². The lowest BCUT2D eigenvalue weighted by Gasteiger charge is -2.22. The molecule has 74 valence electrons. The third-order valence-corrected chi connectivity index (χ3v) is 1.92. The molecule has 0 aliphatic rings. The van der Waals surface area contributed by atoms with Crippen LogP contribution >= 0.6 is 0 Å². The van der Waals surface area contributed by atoms with Gasteiger partial charge in [0.2, 0.25) is 0 Å². The first-order chi connectivity index (χ1) is 5.45. The van der Waals surface area contributed by atoms with Crippen LogP contribution in [0.4, 0.5) is 0 Å². The van der Waals surface area contributed by atoms with Crippen molar-refractivity contribution in [3.8, 4) is 0 Å². The van der Waals surface area contributed by atoms with E-state index in [4.69, 9.17) is 4.74 Å². The molecule has 1 atom stereocenters. The largest absolute Gasteiger partial charge is 0.382 e. The van der Waals surface area contributed by atoms with E-state index in [9.17, 15) is 0 Å². The van der Waals surface area contributed by atoms with Crippen molar-refractivity contribution in [3.05, 3.63) is 0 Å². The average molecular weight is 172 g/mol. The molecule has 0 radical (unpaired) electrons. The zero-order valence-electron chi connectivity index (χ0n) is 9.31. The van der Waals surface area contributed by atoms with Crippen molar-refractivity contribution >= 4 is 0 Å². The Morgan fingerprint density at radius 1 is 1.25 bits per heavy atom. The van der Waals surface area contributed by atoms with Crippen LogP contribution in [0.15, 0.2) is 0 Å². The molecule has 0 fully saturated rings. The first-order valence-electron chi connectivity index (χ1n) is 5.03. The number of hydrogen-bond acceptors (Lipinski definition) is 1. The van der Waals surface area contributed by atoms with Gasteiger partial charge in [-0.05, 0) is 31.1 Å². The van der Waals surface area contributed by atoms with Crippen LogP contribution < -0.4 is 0 Å². The fourth-order valence-corrected chi connectivity index (χ4v) is 1.58. The van der Waals surface area contributed by atoms with Crippen molar-refractivity contribution in [2.45, 2.75) is 47.5 Å². The molecule has 12 heavy (non-hydrogen) atoms. The zero-order chi connectivity index (χ0) is 9.61. The van der Waals surface area contributed by atoms with E-state index >= 15 is 0 Å². The fourth-order valence-electron chi connectivity index (χ4n) is 1.58. The van der Waals surface area contributed by atoms with Crippen molar-refractivity contribution in [2.75, 3.05) is 13.2 Å². The van der Waals surface area contributed by atoms with Gasteiger partial charge in [0.25, 0.3) is 0 Å². The van der Waals surface area contributed by atoms with Crippen LogP contribution in [0.5, 0.6) is 0 Å². The van der Waals surface area contributed by atoms with Crippen molar-refractivity contribution < 1.29 is 4.74 Å². The Balaban J connectivity index is 3.40. The van der Waals surface area contributed by atoms with Crippen LogP contribution in [0, 0.1) is 11.3 Å². The zero-order valence-corrected chi connectivity index (χ0v) is 9.31. The molecule has 0 aromatic carbocycles. The minimum atomic E-state index is 0.464. The molecule has 0 amide bonds. The predicted octanol–water partition coefficient (Wildman–Crippen LogP) is 3.49. The molecule has 0 heterocycles. The van der Waals surface area contributed by atoms with Crippen LogP contribution in [0.25, 0.3) is 0 Å². The highest BCUT2D eigenvalue weighted by atomic mass is 16.5. The molecule has 0 rings (SSSR count). The third kappa shape index (κ3) is 8.06. The Labute approximate surface area is 77.5 Å². The van der Waals surface area contributed by atoms with Gasteiger partial charge in [-0.1, -0.05) is 27.7 Å². The van der Waals surface area contributed by atoms with E-state index in [1.165, 1.54) is 12.8 Å². The van der Waals surface area contributed by atoms with E-state index in [1.54, 1.807) is 0 Å². The Morgan fingerprint density at radius 3 is 2.25 bits per heavy atom. The second-order valence-electron chi connectivity index (χ2n) is 4.86. The second kappa shape index (κ2) is 5.58. The van der Waals surface area contributed by atoms with Gasteiger partial charge in [-0.2, -0.15) is 0 Å². The average Bonchev–Trinajstić information content (AvgIpc) is 1.84. The minimum absolute atomic E-state index is 0.464. The normalized spacial score (nSPS) is 14.8. The minimum Gasteiger partial charge on any atom is -0.382 e. The van der Waals surface area contributed by atoms with Gasteiger partial charge in [-0.15, -0.1) is 0 Å². The van der Waals surface area contributed by atoms with Gasteiger partial charge in [0.15, 0.2) is 0 Å². The topological polar surface area (TPSA) is 9.23 Å². The second-order valence-corrected chi connectivity index (χ2v) is 4.86. The fraction of sp³-hybridized carbons (Fsp3) is 1.00. The van der Waals surface area contributed by atoms with Gasteiger partial charge < -0.3 is 4.74 Å². The predicted molar refractivity (Wildman–Crippen MR) is 54.3 cm³/mol. The van der Waals surface area contributed by atoms with E-state index in [-0.39, 0.29) is 0 Å². The van der Waals surface area contributed by atoms with Gasteiger partial charge in [-0.25, -0.2) is 0 Å². The molecule has 0 N–H and O–H groups in total. The highest BCUT2D eigenvalue weighted by Gasteiger charge is 2.14. The molecule has 0 saturated heterocycles. The first-order valence-corrected chi connectivity index (χ1v) is 5.03. The van der Waals surface area contributed by atoms with Gasteiger partial charge in [-0.3, -0.25) is 0 Å². The lowest BCUT2D eigenvalue weighted by Crippen LogP contribution is -2.12. The third-order valence-electron chi connectivity index (χ3n) is 1.92. The molecule has 1 unspecified atom stereocenters. The molecule has 1 nitrogen and oxygen atoms in total. The lowest BCUT2D eigenvalue weighted by molar-refractivity contribution is 0.126. The number of rotatable bonds is 5. The van der Waals surface area contributed by atoms with Crippen molar-refractivity contribution in [2.24, 2.45) is 11.3 Å². The molecule has 1 heteroatoms. The van der Waals surface area contributed by atoms with E-state index in [0.29, 0.717) is 5.41 Å². The van der Waals surface area contributed by atoms with Gasteiger partial charge >= 0.3 is 0 Å². The van der Waals surface area contributed by atoms with Crippen molar-refractivity contribution in [1.29, 1.82) is 0 Å². The maximum Gasteiger partial charge on any atom is 0.0468 e. The summed E-state index contributed by atoms with van der Waals surface area (Å²) in [5, 5.41) is 0. The molecular formula is C11H24O.